The number of oxazole rings is 1. The fourth-order valence-electron chi connectivity index (χ4n) is 2.79. The van der Waals surface area contributed by atoms with Gasteiger partial charge < -0.3 is 14.1 Å². The van der Waals surface area contributed by atoms with Crippen LogP contribution in [0.2, 0.25) is 0 Å². The van der Waals surface area contributed by atoms with Crippen molar-refractivity contribution >= 4 is 34.7 Å². The highest BCUT2D eigenvalue weighted by Crippen LogP contribution is 2.23. The van der Waals surface area contributed by atoms with Gasteiger partial charge in [-0.25, -0.2) is 4.98 Å². The molecule has 1 aromatic heterocycles. The highest BCUT2D eigenvalue weighted by atomic mass is 32.2. The van der Waals surface area contributed by atoms with Gasteiger partial charge in [0, 0.05) is 13.1 Å². The molecule has 146 valence electrons. The number of fused-ring (bicyclic) bond motifs is 1. The Hall–Kier alpha value is -2.80. The van der Waals surface area contributed by atoms with Crippen LogP contribution >= 0.6 is 11.8 Å². The Morgan fingerprint density at radius 1 is 1.14 bits per heavy atom. The smallest absolute Gasteiger partial charge is 0.310 e. The number of hydrogen-bond donors (Lipinski definition) is 0. The number of esters is 1. The van der Waals surface area contributed by atoms with E-state index in [4.69, 9.17) is 9.15 Å². The third-order valence-corrected chi connectivity index (χ3v) is 5.07. The van der Waals surface area contributed by atoms with Crippen molar-refractivity contribution in [3.8, 4) is 0 Å². The molecule has 0 N–H and O–H groups in total. The van der Waals surface area contributed by atoms with Gasteiger partial charge in [0.15, 0.2) is 5.58 Å². The van der Waals surface area contributed by atoms with Crippen molar-refractivity contribution in [3.05, 3.63) is 60.2 Å². The van der Waals surface area contributed by atoms with Gasteiger partial charge in [0.05, 0.1) is 18.8 Å². The summed E-state index contributed by atoms with van der Waals surface area (Å²) >= 11 is 1.25. The number of methoxy groups -OCH3 is 1. The van der Waals surface area contributed by atoms with Crippen LogP contribution in [0.15, 0.2) is 64.2 Å². The fourth-order valence-corrected chi connectivity index (χ4v) is 3.53. The van der Waals surface area contributed by atoms with Crippen LogP contribution < -0.4 is 0 Å². The molecule has 0 saturated carbocycles. The Kier molecular flexibility index (Phi) is 6.71. The van der Waals surface area contributed by atoms with Crippen molar-refractivity contribution in [3.63, 3.8) is 0 Å². The van der Waals surface area contributed by atoms with Gasteiger partial charge in [-0.15, -0.1) is 0 Å². The summed E-state index contributed by atoms with van der Waals surface area (Å²) in [6, 6.07) is 17.2. The highest BCUT2D eigenvalue weighted by Gasteiger charge is 2.22. The normalized spacial score (nSPS) is 11.9. The third kappa shape index (κ3) is 5.13. The monoisotopic (exact) mass is 398 g/mol. The predicted octanol–water partition coefficient (Wildman–Crippen LogP) is 3.76. The molecule has 0 aliphatic carbocycles. The number of thioether (sulfide) groups is 1. The van der Waals surface area contributed by atoms with Crippen molar-refractivity contribution in [2.75, 3.05) is 19.4 Å². The Morgan fingerprint density at radius 3 is 2.57 bits per heavy atom. The molecule has 0 bridgehead atoms. The SMILES string of the molecule is COC(=O)[C@@H](C)CN(Cc1ccccc1)C(=O)CSc1nc2ccccc2o1. The maximum absolute atomic E-state index is 12.9. The molecular formula is C21H22N2O4S. The molecule has 1 amide bonds. The zero-order chi connectivity index (χ0) is 19.9. The Morgan fingerprint density at radius 2 is 1.86 bits per heavy atom. The molecule has 0 unspecified atom stereocenters. The second-order valence-electron chi connectivity index (χ2n) is 6.42. The first-order valence-electron chi connectivity index (χ1n) is 8.94. The summed E-state index contributed by atoms with van der Waals surface area (Å²) in [6.45, 7) is 2.47. The number of rotatable bonds is 8. The molecule has 1 atom stereocenters. The first-order chi connectivity index (χ1) is 13.6. The summed E-state index contributed by atoms with van der Waals surface area (Å²) in [5.74, 6) is -0.663. The lowest BCUT2D eigenvalue weighted by Gasteiger charge is -2.25. The summed E-state index contributed by atoms with van der Waals surface area (Å²) < 4.78 is 10.5. The van der Waals surface area contributed by atoms with Gasteiger partial charge in [0.1, 0.15) is 5.52 Å². The Balaban J connectivity index is 1.68. The van der Waals surface area contributed by atoms with Crippen LogP contribution in [0.4, 0.5) is 0 Å². The second-order valence-corrected chi connectivity index (χ2v) is 7.35. The lowest BCUT2D eigenvalue weighted by atomic mass is 10.1. The van der Waals surface area contributed by atoms with Gasteiger partial charge in [0.2, 0.25) is 5.91 Å². The van der Waals surface area contributed by atoms with E-state index in [1.807, 2.05) is 54.6 Å². The zero-order valence-corrected chi connectivity index (χ0v) is 16.6. The minimum Gasteiger partial charge on any atom is -0.469 e. The molecule has 0 aliphatic rings. The van der Waals surface area contributed by atoms with Gasteiger partial charge in [-0.1, -0.05) is 61.2 Å². The van der Waals surface area contributed by atoms with Crippen molar-refractivity contribution in [2.45, 2.75) is 18.7 Å². The number of para-hydroxylation sites is 2. The highest BCUT2D eigenvalue weighted by molar-refractivity contribution is 7.99. The first-order valence-corrected chi connectivity index (χ1v) is 9.93. The van der Waals surface area contributed by atoms with Crippen molar-refractivity contribution in [2.24, 2.45) is 5.92 Å². The second kappa shape index (κ2) is 9.41. The predicted molar refractivity (Wildman–Crippen MR) is 108 cm³/mol. The summed E-state index contributed by atoms with van der Waals surface area (Å²) in [6.07, 6.45) is 0. The summed E-state index contributed by atoms with van der Waals surface area (Å²) in [7, 11) is 1.35. The molecule has 0 radical (unpaired) electrons. The minimum atomic E-state index is -0.410. The summed E-state index contributed by atoms with van der Waals surface area (Å²) in [4.78, 5) is 30.7. The van der Waals surface area contributed by atoms with Crippen LogP contribution in [0.25, 0.3) is 11.1 Å². The van der Waals surface area contributed by atoms with Gasteiger partial charge in [-0.05, 0) is 17.7 Å². The molecule has 0 spiro atoms. The molecule has 6 nitrogen and oxygen atoms in total. The van der Waals surface area contributed by atoms with Gasteiger partial charge in [-0.2, -0.15) is 0 Å². The molecule has 28 heavy (non-hydrogen) atoms. The van der Waals surface area contributed by atoms with E-state index < -0.39 is 5.92 Å². The van der Waals surface area contributed by atoms with E-state index in [2.05, 4.69) is 4.98 Å². The number of aromatic nitrogens is 1. The number of nitrogens with zero attached hydrogens (tertiary/aromatic N) is 2. The topological polar surface area (TPSA) is 72.6 Å². The third-order valence-electron chi connectivity index (χ3n) is 4.26. The molecule has 0 fully saturated rings. The van der Waals surface area contributed by atoms with Crippen LogP contribution in [0.1, 0.15) is 12.5 Å². The molecule has 3 aromatic rings. The van der Waals surface area contributed by atoms with Crippen LogP contribution in [0, 0.1) is 5.92 Å². The molecule has 0 aliphatic heterocycles. The molecule has 1 heterocycles. The van der Waals surface area contributed by atoms with Crippen molar-refractivity contribution in [1.82, 2.24) is 9.88 Å². The maximum atomic E-state index is 12.9. The van der Waals surface area contributed by atoms with E-state index in [1.165, 1.54) is 18.9 Å². The number of carbonyl (C=O) groups excluding carboxylic acids is 2. The van der Waals surface area contributed by atoms with Crippen LogP contribution in [-0.4, -0.2) is 41.2 Å². The number of carbonyl (C=O) groups is 2. The van der Waals surface area contributed by atoms with Crippen molar-refractivity contribution < 1.29 is 18.7 Å². The van der Waals surface area contributed by atoms with Crippen LogP contribution in [0.5, 0.6) is 0 Å². The van der Waals surface area contributed by atoms with E-state index in [1.54, 1.807) is 11.8 Å². The Labute approximate surface area is 167 Å². The lowest BCUT2D eigenvalue weighted by molar-refractivity contribution is -0.146. The quantitative estimate of drug-likeness (QED) is 0.425. The Bertz CT molecular complexity index is 909. The van der Waals surface area contributed by atoms with E-state index >= 15 is 0 Å². The molecule has 0 saturated heterocycles. The average Bonchev–Trinajstić information content (AvgIpc) is 3.14. The van der Waals surface area contributed by atoms with E-state index in [0.29, 0.717) is 17.4 Å². The van der Waals surface area contributed by atoms with Gasteiger partial charge in [-0.3, -0.25) is 9.59 Å². The van der Waals surface area contributed by atoms with Crippen LogP contribution in [0.3, 0.4) is 0 Å². The van der Waals surface area contributed by atoms with Gasteiger partial charge >= 0.3 is 5.97 Å². The average molecular weight is 398 g/mol. The number of ether oxygens (including phenoxy) is 1. The summed E-state index contributed by atoms with van der Waals surface area (Å²) in [5.41, 5.74) is 2.45. The van der Waals surface area contributed by atoms with E-state index in [-0.39, 0.29) is 24.2 Å². The number of benzene rings is 2. The van der Waals surface area contributed by atoms with Crippen LogP contribution in [-0.2, 0) is 20.9 Å². The van der Waals surface area contributed by atoms with Crippen molar-refractivity contribution in [1.29, 1.82) is 0 Å². The summed E-state index contributed by atoms with van der Waals surface area (Å²) in [5, 5.41) is 0.454. The minimum absolute atomic E-state index is 0.0909. The standard InChI is InChI=1S/C21H22N2O4S/c1-15(20(25)26-2)12-23(13-16-8-4-3-5-9-16)19(24)14-28-21-22-17-10-6-7-11-18(17)27-21/h3-11,15H,12-14H2,1-2H3/t15-/m0/s1. The van der Waals surface area contributed by atoms with Gasteiger partial charge in [0.25, 0.3) is 5.22 Å². The number of amides is 1. The fraction of sp³-hybridized carbons (Fsp3) is 0.286. The zero-order valence-electron chi connectivity index (χ0n) is 15.8. The maximum Gasteiger partial charge on any atom is 0.310 e. The number of hydrogen-bond acceptors (Lipinski definition) is 6. The van der Waals surface area contributed by atoms with E-state index in [0.717, 1.165) is 11.1 Å². The lowest BCUT2D eigenvalue weighted by Crippen LogP contribution is -2.37. The molecular weight excluding hydrogens is 376 g/mol. The largest absolute Gasteiger partial charge is 0.469 e. The van der Waals surface area contributed by atoms with E-state index in [9.17, 15) is 9.59 Å². The first kappa shape index (κ1) is 19.9. The molecule has 2 aromatic carbocycles. The molecule has 3 rings (SSSR count). The molecule has 7 heteroatoms.